The zero-order valence-electron chi connectivity index (χ0n) is 16.3. The number of aliphatic hydroxyl groups excluding tert-OH is 4. The van der Waals surface area contributed by atoms with Crippen molar-refractivity contribution in [2.45, 2.75) is 30.7 Å². The second kappa shape index (κ2) is 8.30. The average molecular weight is 448 g/mol. The van der Waals surface area contributed by atoms with Gasteiger partial charge in [0.1, 0.15) is 46.9 Å². The molecule has 2 heterocycles. The van der Waals surface area contributed by atoms with Gasteiger partial charge in [-0.05, 0) is 24.3 Å². The molecule has 1 aliphatic rings. The van der Waals surface area contributed by atoms with Crippen molar-refractivity contribution in [3.63, 3.8) is 0 Å². The summed E-state index contributed by atoms with van der Waals surface area (Å²) in [6, 6.07) is 7.89. The quantitative estimate of drug-likeness (QED) is 0.261. The number of aromatic hydroxyl groups is 3. The van der Waals surface area contributed by atoms with E-state index < -0.39 is 60.0 Å². The molecule has 0 radical (unpaired) electrons. The molecule has 0 aliphatic carbocycles. The number of fused-ring (bicyclic) bond motifs is 1. The zero-order chi connectivity index (χ0) is 23.2. The smallest absolute Gasteiger partial charge is 0.229 e. The van der Waals surface area contributed by atoms with E-state index in [1.165, 1.54) is 24.3 Å². The van der Waals surface area contributed by atoms with E-state index in [2.05, 4.69) is 0 Å². The molecule has 3 aromatic rings. The number of rotatable bonds is 4. The molecule has 4 rings (SSSR count). The predicted octanol–water partition coefficient (Wildman–Crippen LogP) is -0.245. The van der Waals surface area contributed by atoms with E-state index in [9.17, 15) is 40.5 Å². The van der Waals surface area contributed by atoms with Crippen molar-refractivity contribution < 1.29 is 49.6 Å². The maximum Gasteiger partial charge on any atom is 0.229 e. The van der Waals surface area contributed by atoms with Crippen LogP contribution in [0.3, 0.4) is 0 Å². The van der Waals surface area contributed by atoms with Crippen LogP contribution in [0.1, 0.15) is 0 Å². The first-order chi connectivity index (χ1) is 15.2. The maximum atomic E-state index is 12.9. The molecule has 0 saturated carbocycles. The van der Waals surface area contributed by atoms with Crippen molar-refractivity contribution >= 4 is 11.0 Å². The van der Waals surface area contributed by atoms with Crippen LogP contribution < -0.4 is 10.2 Å². The van der Waals surface area contributed by atoms with E-state index in [1.807, 2.05) is 0 Å². The predicted molar refractivity (Wildman–Crippen MR) is 107 cm³/mol. The van der Waals surface area contributed by atoms with Crippen LogP contribution in [0.25, 0.3) is 22.3 Å². The normalized spacial score (nSPS) is 25.7. The van der Waals surface area contributed by atoms with Gasteiger partial charge < -0.3 is 49.6 Å². The number of aliphatic hydroxyl groups is 4. The first-order valence-corrected chi connectivity index (χ1v) is 9.50. The highest BCUT2D eigenvalue weighted by molar-refractivity contribution is 5.89. The molecule has 7 N–H and O–H groups in total. The maximum absolute atomic E-state index is 12.9. The lowest BCUT2D eigenvalue weighted by Crippen LogP contribution is -2.60. The fourth-order valence-electron chi connectivity index (χ4n) is 3.43. The van der Waals surface area contributed by atoms with Crippen LogP contribution in [0, 0.1) is 0 Å². The molecule has 1 aromatic heterocycles. The van der Waals surface area contributed by atoms with Crippen LogP contribution in [-0.4, -0.2) is 73.1 Å². The molecule has 11 nitrogen and oxygen atoms in total. The van der Waals surface area contributed by atoms with E-state index >= 15 is 0 Å². The van der Waals surface area contributed by atoms with Gasteiger partial charge in [0, 0.05) is 17.7 Å². The number of benzene rings is 2. The minimum atomic E-state index is -1.81. The summed E-state index contributed by atoms with van der Waals surface area (Å²) >= 11 is 0. The van der Waals surface area contributed by atoms with Gasteiger partial charge in [-0.2, -0.15) is 0 Å². The van der Waals surface area contributed by atoms with Gasteiger partial charge in [0.05, 0.1) is 6.61 Å². The van der Waals surface area contributed by atoms with Crippen LogP contribution in [-0.2, 0) is 4.74 Å². The van der Waals surface area contributed by atoms with E-state index in [4.69, 9.17) is 13.9 Å². The molecule has 170 valence electrons. The van der Waals surface area contributed by atoms with Gasteiger partial charge in [0.15, 0.2) is 16.9 Å². The molecule has 1 aliphatic heterocycles. The largest absolute Gasteiger partial charge is 0.508 e. The molecule has 5 atom stereocenters. The van der Waals surface area contributed by atoms with E-state index in [1.54, 1.807) is 0 Å². The molecule has 1 fully saturated rings. The molecular weight excluding hydrogens is 428 g/mol. The Morgan fingerprint density at radius 3 is 2.28 bits per heavy atom. The number of hydrogen-bond acceptors (Lipinski definition) is 11. The van der Waals surface area contributed by atoms with E-state index in [0.29, 0.717) is 5.56 Å². The zero-order valence-corrected chi connectivity index (χ0v) is 16.3. The van der Waals surface area contributed by atoms with Gasteiger partial charge in [0.2, 0.25) is 12.0 Å². The summed E-state index contributed by atoms with van der Waals surface area (Å²) < 4.78 is 16.3. The van der Waals surface area contributed by atoms with Crippen molar-refractivity contribution in [3.05, 3.63) is 46.6 Å². The molecular formula is C21H20O11. The molecule has 0 bridgehead atoms. The Morgan fingerprint density at radius 1 is 0.938 bits per heavy atom. The first-order valence-electron chi connectivity index (χ1n) is 9.50. The number of phenols is 3. The third-order valence-corrected chi connectivity index (χ3v) is 5.16. The van der Waals surface area contributed by atoms with Gasteiger partial charge >= 0.3 is 0 Å². The Labute approximate surface area is 179 Å². The third kappa shape index (κ3) is 3.72. The van der Waals surface area contributed by atoms with Crippen LogP contribution in [0.4, 0.5) is 0 Å². The Kier molecular flexibility index (Phi) is 5.67. The van der Waals surface area contributed by atoms with Gasteiger partial charge in [0.25, 0.3) is 0 Å². The second-order valence-electron chi connectivity index (χ2n) is 7.28. The Balaban J connectivity index is 1.80. The third-order valence-electron chi connectivity index (χ3n) is 5.16. The fraction of sp³-hybridized carbons (Fsp3) is 0.286. The molecule has 0 amide bonds. The Morgan fingerprint density at radius 2 is 1.62 bits per heavy atom. The van der Waals surface area contributed by atoms with Gasteiger partial charge in [-0.15, -0.1) is 0 Å². The lowest BCUT2D eigenvalue weighted by molar-refractivity contribution is -0.277. The van der Waals surface area contributed by atoms with Crippen molar-refractivity contribution in [3.8, 4) is 34.3 Å². The minimum absolute atomic E-state index is 0.00895. The summed E-state index contributed by atoms with van der Waals surface area (Å²) in [4.78, 5) is 12.9. The molecule has 2 aromatic carbocycles. The molecule has 5 unspecified atom stereocenters. The summed E-state index contributed by atoms with van der Waals surface area (Å²) in [5.41, 5.74) is -0.398. The van der Waals surface area contributed by atoms with Crippen LogP contribution in [0.2, 0.25) is 0 Å². The Bertz CT molecular complexity index is 1190. The summed E-state index contributed by atoms with van der Waals surface area (Å²) in [5, 5.41) is 68.9. The van der Waals surface area contributed by atoms with Crippen molar-refractivity contribution in [2.75, 3.05) is 6.61 Å². The highest BCUT2D eigenvalue weighted by atomic mass is 16.7. The Hall–Kier alpha value is -3.35. The summed E-state index contributed by atoms with van der Waals surface area (Å²) in [6.45, 7) is -0.713. The average Bonchev–Trinajstić information content (AvgIpc) is 2.77. The lowest BCUT2D eigenvalue weighted by Gasteiger charge is -2.39. The molecule has 0 spiro atoms. The number of phenolic OH excluding ortho intramolecular Hbond substituents is 3. The van der Waals surface area contributed by atoms with Gasteiger partial charge in [-0.25, -0.2) is 0 Å². The SMILES string of the molecule is O=c1cc(-c2ccc(O)cc2)oc2cc(O)c(O)c(OC3OC(CO)C(O)C(O)C3O)c12. The number of hydrogen-bond donors (Lipinski definition) is 7. The number of ether oxygens (including phenoxy) is 2. The van der Waals surface area contributed by atoms with Crippen molar-refractivity contribution in [1.29, 1.82) is 0 Å². The van der Waals surface area contributed by atoms with Crippen molar-refractivity contribution in [2.24, 2.45) is 0 Å². The first kappa shape index (κ1) is 21.9. The van der Waals surface area contributed by atoms with Crippen molar-refractivity contribution in [1.82, 2.24) is 0 Å². The van der Waals surface area contributed by atoms with E-state index in [-0.39, 0.29) is 22.5 Å². The van der Waals surface area contributed by atoms with E-state index in [0.717, 1.165) is 12.1 Å². The molecule has 11 heteroatoms. The standard InChI is InChI=1S/C21H20O11/c22-7-14-17(27)18(28)19(29)21(31-14)32-20-15-10(24)5-12(8-1-3-9(23)4-2-8)30-13(15)6-11(25)16(20)26/h1-6,14,17-19,21-23,25-29H,7H2. The minimum Gasteiger partial charge on any atom is -0.508 e. The van der Waals surface area contributed by atoms with Crippen LogP contribution in [0.5, 0.6) is 23.0 Å². The van der Waals surface area contributed by atoms with Gasteiger partial charge in [-0.3, -0.25) is 4.79 Å². The molecule has 32 heavy (non-hydrogen) atoms. The lowest BCUT2D eigenvalue weighted by atomic mass is 9.99. The fourth-order valence-corrected chi connectivity index (χ4v) is 3.43. The molecule has 1 saturated heterocycles. The summed E-state index contributed by atoms with van der Waals surface area (Å²) in [7, 11) is 0. The van der Waals surface area contributed by atoms with Gasteiger partial charge in [-0.1, -0.05) is 0 Å². The summed E-state index contributed by atoms with van der Waals surface area (Å²) in [5.74, 6) is -2.03. The highest BCUT2D eigenvalue weighted by Crippen LogP contribution is 2.43. The highest BCUT2D eigenvalue weighted by Gasteiger charge is 2.45. The van der Waals surface area contributed by atoms with Crippen LogP contribution >= 0.6 is 0 Å². The monoisotopic (exact) mass is 448 g/mol. The van der Waals surface area contributed by atoms with Crippen LogP contribution in [0.15, 0.2) is 45.6 Å². The summed E-state index contributed by atoms with van der Waals surface area (Å²) in [6.07, 6.45) is -8.21. The second-order valence-corrected chi connectivity index (χ2v) is 7.28. The topological polar surface area (TPSA) is 190 Å².